The van der Waals surface area contributed by atoms with Crippen LogP contribution in [0.25, 0.3) is 0 Å². The van der Waals surface area contributed by atoms with Crippen molar-refractivity contribution in [3.05, 3.63) is 83.5 Å². The highest BCUT2D eigenvalue weighted by atomic mass is 16.6. The number of hydrogen-bond donors (Lipinski definition) is 1. The van der Waals surface area contributed by atoms with E-state index in [0.717, 1.165) is 61.5 Å². The molecule has 2 aliphatic heterocycles. The summed E-state index contributed by atoms with van der Waals surface area (Å²) in [6.07, 6.45) is 7.99. The molecule has 0 radical (unpaired) electrons. The van der Waals surface area contributed by atoms with Crippen LogP contribution in [-0.2, 0) is 9.47 Å². The maximum absolute atomic E-state index is 12.9. The van der Waals surface area contributed by atoms with E-state index in [2.05, 4.69) is 30.6 Å². The predicted molar refractivity (Wildman–Crippen MR) is 145 cm³/mol. The molecule has 1 aliphatic carbocycles. The minimum Gasteiger partial charge on any atom is -0.489 e. The zero-order valence-electron chi connectivity index (χ0n) is 21.9. The molecule has 2 aromatic rings. The molecule has 8 heteroatoms. The average Bonchev–Trinajstić information content (AvgIpc) is 3.34. The van der Waals surface area contributed by atoms with Gasteiger partial charge in [-0.15, -0.1) is 0 Å². The van der Waals surface area contributed by atoms with Gasteiger partial charge < -0.3 is 24.0 Å². The fourth-order valence-corrected chi connectivity index (χ4v) is 5.03. The van der Waals surface area contributed by atoms with Crippen molar-refractivity contribution in [3.8, 4) is 5.75 Å². The van der Waals surface area contributed by atoms with Crippen LogP contribution in [0.15, 0.2) is 72.3 Å². The smallest absolute Gasteiger partial charge is 0.415 e. The normalized spacial score (nSPS) is 20.6. The molecule has 2 fully saturated rings. The van der Waals surface area contributed by atoms with Crippen LogP contribution in [0.4, 0.5) is 10.5 Å². The molecule has 2 heterocycles. The second-order valence-corrected chi connectivity index (χ2v) is 10.3. The number of ether oxygens (including phenoxy) is 3. The summed E-state index contributed by atoms with van der Waals surface area (Å²) in [5.41, 5.74) is 3.37. The number of allylic oxidation sites excluding steroid dienone is 3. The first kappa shape index (κ1) is 26.0. The number of likely N-dealkylation sites (N-methyl/N-ethyl adjacent to an activating group) is 1. The molecular formula is C30H36N3O5+. The van der Waals surface area contributed by atoms with Crippen molar-refractivity contribution in [2.75, 3.05) is 64.6 Å². The quantitative estimate of drug-likeness (QED) is 0.503. The van der Waals surface area contributed by atoms with Crippen molar-refractivity contribution in [1.82, 2.24) is 5.32 Å². The fraction of sp³-hybridized carbons (Fsp3) is 0.400. The molecule has 200 valence electrons. The van der Waals surface area contributed by atoms with Gasteiger partial charge in [0.15, 0.2) is 0 Å². The molecule has 5 rings (SSSR count). The first-order valence-electron chi connectivity index (χ1n) is 13.3. The zero-order chi connectivity index (χ0) is 26.4. The third kappa shape index (κ3) is 6.26. The summed E-state index contributed by atoms with van der Waals surface area (Å²) < 4.78 is 17.7. The van der Waals surface area contributed by atoms with Gasteiger partial charge in [-0.1, -0.05) is 36.4 Å². The molecule has 2 amide bonds. The summed E-state index contributed by atoms with van der Waals surface area (Å²) in [4.78, 5) is 27.2. The van der Waals surface area contributed by atoms with Crippen LogP contribution in [0.2, 0.25) is 0 Å². The number of nitrogens with one attached hydrogen (secondary N) is 1. The maximum atomic E-state index is 12.9. The minimum absolute atomic E-state index is 0.152. The van der Waals surface area contributed by atoms with Crippen molar-refractivity contribution in [3.63, 3.8) is 0 Å². The number of benzene rings is 2. The van der Waals surface area contributed by atoms with E-state index >= 15 is 0 Å². The summed E-state index contributed by atoms with van der Waals surface area (Å²) in [6.45, 7) is 5.66. The summed E-state index contributed by atoms with van der Waals surface area (Å²) in [6, 6.07) is 14.7. The number of anilines is 1. The van der Waals surface area contributed by atoms with Crippen molar-refractivity contribution in [2.45, 2.75) is 18.9 Å². The Bertz CT molecular complexity index is 1200. The van der Waals surface area contributed by atoms with Crippen molar-refractivity contribution in [2.24, 2.45) is 0 Å². The predicted octanol–water partition coefficient (Wildman–Crippen LogP) is 4.25. The molecule has 1 N–H and O–H groups in total. The van der Waals surface area contributed by atoms with Crippen LogP contribution in [0, 0.1) is 0 Å². The van der Waals surface area contributed by atoms with E-state index in [0.29, 0.717) is 24.4 Å². The van der Waals surface area contributed by atoms with Crippen LogP contribution >= 0.6 is 0 Å². The number of carbonyl (C=O) groups is 2. The third-order valence-electron chi connectivity index (χ3n) is 7.54. The number of nitrogens with zero attached hydrogens (tertiary/aromatic N) is 2. The fourth-order valence-electron chi connectivity index (χ4n) is 5.03. The van der Waals surface area contributed by atoms with E-state index in [1.54, 1.807) is 23.1 Å². The van der Waals surface area contributed by atoms with Crippen molar-refractivity contribution < 1.29 is 28.3 Å². The van der Waals surface area contributed by atoms with Crippen molar-refractivity contribution >= 4 is 17.7 Å². The van der Waals surface area contributed by atoms with Gasteiger partial charge in [0.25, 0.3) is 5.91 Å². The lowest BCUT2D eigenvalue weighted by Gasteiger charge is -2.37. The second-order valence-electron chi connectivity index (χ2n) is 10.3. The number of quaternary nitrogens is 1. The lowest BCUT2D eigenvalue weighted by atomic mass is 10.0. The topological polar surface area (TPSA) is 77.1 Å². The van der Waals surface area contributed by atoms with Gasteiger partial charge in [0, 0.05) is 11.3 Å². The number of cyclic esters (lactones) is 1. The van der Waals surface area contributed by atoms with E-state index in [4.69, 9.17) is 14.2 Å². The van der Waals surface area contributed by atoms with E-state index in [1.165, 1.54) is 5.57 Å². The Labute approximate surface area is 224 Å². The monoisotopic (exact) mass is 518 g/mol. The molecule has 3 aliphatic rings. The second kappa shape index (κ2) is 11.8. The largest absolute Gasteiger partial charge is 0.489 e. The van der Waals surface area contributed by atoms with Gasteiger partial charge in [-0.05, 0) is 54.3 Å². The Morgan fingerprint density at radius 3 is 2.74 bits per heavy atom. The molecule has 1 atom stereocenters. The standard InChI is InChI=1S/C30H35N3O5/c1-33(16-18-36-19-17-33)15-14-31-29(34)25-8-5-9-26(20-25)32-28(22-38-30(32)35)24-10-12-27(13-11-24)37-21-23-6-3-2-4-7-23/h2-3,5-6,8-13,20,28H,4,7,14-19,21-22H2,1H3/p+1. The number of hydrogen-bond acceptors (Lipinski definition) is 5. The van der Waals surface area contributed by atoms with Crippen molar-refractivity contribution in [1.29, 1.82) is 0 Å². The summed E-state index contributed by atoms with van der Waals surface area (Å²) >= 11 is 0. The number of amides is 2. The van der Waals surface area contributed by atoms with E-state index in [1.807, 2.05) is 30.3 Å². The summed E-state index contributed by atoms with van der Waals surface area (Å²) in [7, 11) is 2.19. The van der Waals surface area contributed by atoms with Crippen LogP contribution in [0.3, 0.4) is 0 Å². The van der Waals surface area contributed by atoms with Crippen LogP contribution in [0.5, 0.6) is 5.75 Å². The van der Waals surface area contributed by atoms with Gasteiger partial charge in [0.2, 0.25) is 0 Å². The minimum atomic E-state index is -0.421. The van der Waals surface area contributed by atoms with Crippen LogP contribution < -0.4 is 15.0 Å². The molecule has 8 nitrogen and oxygen atoms in total. The molecule has 0 saturated carbocycles. The molecule has 2 aromatic carbocycles. The van der Waals surface area contributed by atoms with E-state index < -0.39 is 6.09 Å². The zero-order valence-corrected chi connectivity index (χ0v) is 21.9. The van der Waals surface area contributed by atoms with E-state index in [9.17, 15) is 9.59 Å². The van der Waals surface area contributed by atoms with Crippen LogP contribution in [-0.4, -0.2) is 76.1 Å². The average molecular weight is 519 g/mol. The highest BCUT2D eigenvalue weighted by Crippen LogP contribution is 2.34. The molecule has 2 saturated heterocycles. The molecule has 0 spiro atoms. The molecule has 0 aromatic heterocycles. The summed E-state index contributed by atoms with van der Waals surface area (Å²) in [5, 5.41) is 3.03. The molecular weight excluding hydrogens is 482 g/mol. The van der Waals surface area contributed by atoms with E-state index in [-0.39, 0.29) is 18.6 Å². The Kier molecular flexibility index (Phi) is 8.10. The van der Waals surface area contributed by atoms with Gasteiger partial charge in [-0.25, -0.2) is 4.79 Å². The number of carbonyl (C=O) groups excluding carboxylic acids is 2. The highest BCUT2D eigenvalue weighted by molar-refractivity contribution is 5.97. The van der Waals surface area contributed by atoms with Gasteiger partial charge >= 0.3 is 6.09 Å². The summed E-state index contributed by atoms with van der Waals surface area (Å²) in [5.74, 6) is 0.633. The Morgan fingerprint density at radius 2 is 1.97 bits per heavy atom. The first-order valence-corrected chi connectivity index (χ1v) is 13.3. The SMILES string of the molecule is C[N+]1(CCNC(=O)c2cccc(N3C(=O)OCC3c3ccc(OCC4=CC=CCC4)cc3)c2)CCOCC1. The van der Waals surface area contributed by atoms with Gasteiger partial charge in [0.05, 0.1) is 39.4 Å². The maximum Gasteiger partial charge on any atom is 0.415 e. The Balaban J connectivity index is 1.22. The first-order chi connectivity index (χ1) is 18.5. The lowest BCUT2D eigenvalue weighted by Crippen LogP contribution is -2.54. The Morgan fingerprint density at radius 1 is 1.16 bits per heavy atom. The highest BCUT2D eigenvalue weighted by Gasteiger charge is 2.35. The van der Waals surface area contributed by atoms with Gasteiger partial charge in [0.1, 0.15) is 32.1 Å². The number of morpholine rings is 1. The Hall–Kier alpha value is -3.62. The lowest BCUT2D eigenvalue weighted by molar-refractivity contribution is -0.915. The van der Waals surface area contributed by atoms with Gasteiger partial charge in [-0.2, -0.15) is 0 Å². The third-order valence-corrected chi connectivity index (χ3v) is 7.54. The molecule has 0 bridgehead atoms. The number of rotatable bonds is 9. The van der Waals surface area contributed by atoms with Gasteiger partial charge in [-0.3, -0.25) is 9.69 Å². The van der Waals surface area contributed by atoms with Crippen LogP contribution in [0.1, 0.15) is 34.8 Å². The molecule has 1 unspecified atom stereocenters. The molecule has 38 heavy (non-hydrogen) atoms.